The molecule has 3 rings (SSSR count). The molecule has 0 bridgehead atoms. The highest BCUT2D eigenvalue weighted by Crippen LogP contribution is 2.36. The molecule has 96 valence electrons. The Kier molecular flexibility index (Phi) is 3.20. The maximum atomic E-state index is 12.6. The van der Waals surface area contributed by atoms with E-state index in [9.17, 15) is 4.79 Å². The topological polar surface area (TPSA) is 17.1 Å². The molecule has 1 atom stereocenters. The van der Waals surface area contributed by atoms with Crippen molar-refractivity contribution < 1.29 is 4.79 Å². The van der Waals surface area contributed by atoms with E-state index in [4.69, 9.17) is 0 Å². The van der Waals surface area contributed by atoms with Gasteiger partial charge in [-0.25, -0.2) is 0 Å². The lowest BCUT2D eigenvalue weighted by Crippen LogP contribution is -2.08. The summed E-state index contributed by atoms with van der Waals surface area (Å²) in [5.41, 5.74) is 4.43. The number of fused-ring (bicyclic) bond motifs is 1. The van der Waals surface area contributed by atoms with Crippen LogP contribution < -0.4 is 0 Å². The summed E-state index contributed by atoms with van der Waals surface area (Å²) in [6.07, 6.45) is 3.00. The van der Waals surface area contributed by atoms with Crippen molar-refractivity contribution in [3.8, 4) is 11.1 Å². The summed E-state index contributed by atoms with van der Waals surface area (Å²) < 4.78 is 0. The lowest BCUT2D eigenvalue weighted by Gasteiger charge is -2.08. The first-order valence-corrected chi connectivity index (χ1v) is 7.02. The number of carbonyl (C=O) groups excluding carboxylic acids is 1. The van der Waals surface area contributed by atoms with E-state index in [2.05, 4.69) is 37.3 Å². The lowest BCUT2D eigenvalue weighted by atomic mass is 9.95. The molecule has 1 aliphatic rings. The Morgan fingerprint density at radius 2 is 1.84 bits per heavy atom. The Labute approximate surface area is 114 Å². The van der Waals surface area contributed by atoms with E-state index in [1.807, 2.05) is 18.2 Å². The molecule has 0 radical (unpaired) electrons. The van der Waals surface area contributed by atoms with Crippen LogP contribution in [-0.2, 0) is 6.42 Å². The summed E-state index contributed by atoms with van der Waals surface area (Å²) in [5, 5.41) is 0. The number of rotatable bonds is 3. The number of hydrogen-bond donors (Lipinski definition) is 0. The van der Waals surface area contributed by atoms with Crippen molar-refractivity contribution >= 4 is 5.78 Å². The van der Waals surface area contributed by atoms with Crippen LogP contribution in [0.25, 0.3) is 11.1 Å². The molecule has 1 aliphatic carbocycles. The second-order valence-electron chi connectivity index (χ2n) is 5.26. The van der Waals surface area contributed by atoms with Crippen LogP contribution in [0.1, 0.15) is 35.7 Å². The smallest absolute Gasteiger partial charge is 0.167 e. The van der Waals surface area contributed by atoms with Crippen LogP contribution in [0.2, 0.25) is 0 Å². The zero-order chi connectivity index (χ0) is 13.2. The quantitative estimate of drug-likeness (QED) is 0.783. The van der Waals surface area contributed by atoms with E-state index in [1.165, 1.54) is 5.56 Å². The average molecular weight is 250 g/mol. The average Bonchev–Trinajstić information content (AvgIpc) is 2.77. The summed E-state index contributed by atoms with van der Waals surface area (Å²) in [7, 11) is 0. The predicted octanol–water partition coefficient (Wildman–Crippen LogP) is 4.51. The third-order valence-electron chi connectivity index (χ3n) is 3.96. The number of hydrogen-bond acceptors (Lipinski definition) is 1. The van der Waals surface area contributed by atoms with Gasteiger partial charge < -0.3 is 0 Å². The first kappa shape index (κ1) is 12.2. The number of benzene rings is 2. The Morgan fingerprint density at radius 1 is 1.05 bits per heavy atom. The summed E-state index contributed by atoms with van der Waals surface area (Å²) in [6.45, 7) is 2.15. The van der Waals surface area contributed by atoms with Crippen molar-refractivity contribution in [2.45, 2.75) is 26.2 Å². The highest BCUT2D eigenvalue weighted by Gasteiger charge is 2.31. The van der Waals surface area contributed by atoms with Crippen LogP contribution >= 0.6 is 0 Å². The third kappa shape index (κ3) is 2.10. The molecule has 0 amide bonds. The van der Waals surface area contributed by atoms with E-state index in [0.29, 0.717) is 5.78 Å². The molecule has 0 spiro atoms. The summed E-state index contributed by atoms with van der Waals surface area (Å²) >= 11 is 0. The lowest BCUT2D eigenvalue weighted by molar-refractivity contribution is 0.0931. The minimum atomic E-state index is 0.199. The zero-order valence-corrected chi connectivity index (χ0v) is 11.2. The molecule has 0 aromatic heterocycles. The van der Waals surface area contributed by atoms with E-state index in [0.717, 1.165) is 36.0 Å². The van der Waals surface area contributed by atoms with E-state index >= 15 is 0 Å². The maximum Gasteiger partial charge on any atom is 0.167 e. The molecule has 0 saturated carbocycles. The summed E-state index contributed by atoms with van der Waals surface area (Å²) in [4.78, 5) is 12.6. The standard InChI is InChI=1S/C18H18O/c1-2-7-15-12-14-10-6-11-16(17(14)18(15)19)13-8-4-3-5-9-13/h3-6,8-11,15H,2,7,12H2,1H3. The largest absolute Gasteiger partial charge is 0.294 e. The minimum absolute atomic E-state index is 0.199. The Balaban J connectivity index is 2.08. The van der Waals surface area contributed by atoms with Crippen LogP contribution in [0.3, 0.4) is 0 Å². The Bertz CT molecular complexity index is 598. The van der Waals surface area contributed by atoms with Gasteiger partial charge in [0.1, 0.15) is 0 Å². The fourth-order valence-electron chi connectivity index (χ4n) is 3.06. The normalized spacial score (nSPS) is 17.5. The highest BCUT2D eigenvalue weighted by atomic mass is 16.1. The second-order valence-corrected chi connectivity index (χ2v) is 5.26. The molecule has 0 aliphatic heterocycles. The van der Waals surface area contributed by atoms with E-state index < -0.39 is 0 Å². The minimum Gasteiger partial charge on any atom is -0.294 e. The fourth-order valence-corrected chi connectivity index (χ4v) is 3.06. The van der Waals surface area contributed by atoms with Crippen molar-refractivity contribution in [1.29, 1.82) is 0 Å². The van der Waals surface area contributed by atoms with Gasteiger partial charge in [-0.05, 0) is 29.5 Å². The van der Waals surface area contributed by atoms with Gasteiger partial charge in [0.2, 0.25) is 0 Å². The molecule has 1 unspecified atom stereocenters. The van der Waals surface area contributed by atoms with Crippen LogP contribution in [-0.4, -0.2) is 5.78 Å². The molecular weight excluding hydrogens is 232 g/mol. The SMILES string of the molecule is CCCC1Cc2cccc(-c3ccccc3)c2C1=O. The van der Waals surface area contributed by atoms with Gasteiger partial charge in [0, 0.05) is 11.5 Å². The molecule has 1 nitrogen and oxygen atoms in total. The van der Waals surface area contributed by atoms with Gasteiger partial charge in [-0.3, -0.25) is 4.79 Å². The first-order chi connectivity index (χ1) is 9.31. The number of carbonyl (C=O) groups is 1. The molecule has 2 aromatic carbocycles. The van der Waals surface area contributed by atoms with Crippen molar-refractivity contribution in [2.24, 2.45) is 5.92 Å². The van der Waals surface area contributed by atoms with Gasteiger partial charge in [0.05, 0.1) is 0 Å². The van der Waals surface area contributed by atoms with Gasteiger partial charge in [-0.1, -0.05) is 61.9 Å². The molecular formula is C18H18O. The van der Waals surface area contributed by atoms with E-state index in [-0.39, 0.29) is 5.92 Å². The maximum absolute atomic E-state index is 12.6. The van der Waals surface area contributed by atoms with Crippen LogP contribution in [0.5, 0.6) is 0 Å². The van der Waals surface area contributed by atoms with Gasteiger partial charge in [-0.15, -0.1) is 0 Å². The summed E-state index contributed by atoms with van der Waals surface area (Å²) in [6, 6.07) is 16.5. The van der Waals surface area contributed by atoms with E-state index in [1.54, 1.807) is 0 Å². The molecule has 0 N–H and O–H groups in total. The van der Waals surface area contributed by atoms with Crippen LogP contribution in [0, 0.1) is 5.92 Å². The molecule has 0 fully saturated rings. The van der Waals surface area contributed by atoms with Crippen LogP contribution in [0.4, 0.5) is 0 Å². The second kappa shape index (κ2) is 5.00. The fraction of sp³-hybridized carbons (Fsp3) is 0.278. The monoisotopic (exact) mass is 250 g/mol. The molecule has 0 heterocycles. The molecule has 2 aromatic rings. The first-order valence-electron chi connectivity index (χ1n) is 7.02. The van der Waals surface area contributed by atoms with Gasteiger partial charge >= 0.3 is 0 Å². The van der Waals surface area contributed by atoms with Crippen molar-refractivity contribution in [3.05, 3.63) is 59.7 Å². The summed E-state index contributed by atoms with van der Waals surface area (Å²) in [5.74, 6) is 0.543. The molecule has 19 heavy (non-hydrogen) atoms. The third-order valence-corrected chi connectivity index (χ3v) is 3.96. The van der Waals surface area contributed by atoms with Gasteiger partial charge in [0.15, 0.2) is 5.78 Å². The zero-order valence-electron chi connectivity index (χ0n) is 11.2. The Hall–Kier alpha value is -1.89. The van der Waals surface area contributed by atoms with Crippen molar-refractivity contribution in [1.82, 2.24) is 0 Å². The Morgan fingerprint density at radius 3 is 2.58 bits per heavy atom. The molecule has 0 saturated heterocycles. The highest BCUT2D eigenvalue weighted by molar-refractivity contribution is 6.07. The number of ketones is 1. The molecule has 1 heteroatoms. The van der Waals surface area contributed by atoms with Gasteiger partial charge in [0.25, 0.3) is 0 Å². The van der Waals surface area contributed by atoms with Crippen molar-refractivity contribution in [3.63, 3.8) is 0 Å². The van der Waals surface area contributed by atoms with Crippen molar-refractivity contribution in [2.75, 3.05) is 0 Å². The number of Topliss-reactive ketones (excluding diaryl/α,β-unsaturated/α-hetero) is 1. The van der Waals surface area contributed by atoms with Crippen LogP contribution in [0.15, 0.2) is 48.5 Å². The predicted molar refractivity (Wildman–Crippen MR) is 78.3 cm³/mol. The van der Waals surface area contributed by atoms with Gasteiger partial charge in [-0.2, -0.15) is 0 Å².